The first-order valence-electron chi connectivity index (χ1n) is 6.36. The Morgan fingerprint density at radius 1 is 1.28 bits per heavy atom. The Morgan fingerprint density at radius 3 is 2.67 bits per heavy atom. The van der Waals surface area contributed by atoms with Crippen molar-refractivity contribution in [1.82, 2.24) is 10.2 Å². The van der Waals surface area contributed by atoms with Crippen LogP contribution >= 0.6 is 23.2 Å². The second-order valence-electron chi connectivity index (χ2n) is 4.76. The van der Waals surface area contributed by atoms with E-state index < -0.39 is 0 Å². The standard InChI is InChI=1S/C12H18Cl2N4/c13-11-6-9(12(14)18-17-11)16-10(7-15)8-4-2-1-3-5-8/h6,8,10H,1-5,7,15H2,(H,16,17). The number of halogens is 2. The molecule has 1 unspecified atom stereocenters. The third-order valence-corrected chi connectivity index (χ3v) is 4.00. The number of nitrogens with zero attached hydrogens (tertiary/aromatic N) is 2. The average Bonchev–Trinajstić information content (AvgIpc) is 2.41. The van der Waals surface area contributed by atoms with Gasteiger partial charge in [-0.05, 0) is 18.8 Å². The molecule has 0 aromatic carbocycles. The quantitative estimate of drug-likeness (QED) is 0.894. The van der Waals surface area contributed by atoms with Gasteiger partial charge in [0, 0.05) is 18.7 Å². The minimum absolute atomic E-state index is 0.225. The largest absolute Gasteiger partial charge is 0.378 e. The molecule has 0 amide bonds. The molecule has 1 heterocycles. The molecule has 1 aromatic rings. The van der Waals surface area contributed by atoms with Crippen LogP contribution in [0.25, 0.3) is 0 Å². The van der Waals surface area contributed by atoms with Crippen LogP contribution < -0.4 is 11.1 Å². The van der Waals surface area contributed by atoms with E-state index in [1.54, 1.807) is 6.07 Å². The number of nitrogens with one attached hydrogen (secondary N) is 1. The van der Waals surface area contributed by atoms with Crippen LogP contribution in [0.1, 0.15) is 32.1 Å². The Bertz CT molecular complexity index is 394. The molecular weight excluding hydrogens is 271 g/mol. The van der Waals surface area contributed by atoms with E-state index in [-0.39, 0.29) is 6.04 Å². The zero-order valence-corrected chi connectivity index (χ0v) is 11.7. The van der Waals surface area contributed by atoms with Gasteiger partial charge in [0.2, 0.25) is 0 Å². The highest BCUT2D eigenvalue weighted by atomic mass is 35.5. The van der Waals surface area contributed by atoms with Gasteiger partial charge in [0.05, 0.1) is 5.69 Å². The van der Waals surface area contributed by atoms with Gasteiger partial charge in [-0.1, -0.05) is 42.5 Å². The molecule has 4 nitrogen and oxygen atoms in total. The lowest BCUT2D eigenvalue weighted by atomic mass is 9.84. The van der Waals surface area contributed by atoms with Crippen molar-refractivity contribution >= 4 is 28.9 Å². The Kier molecular flexibility index (Phi) is 5.03. The molecule has 1 atom stereocenters. The van der Waals surface area contributed by atoms with Crippen LogP contribution in [0.5, 0.6) is 0 Å². The van der Waals surface area contributed by atoms with E-state index in [9.17, 15) is 0 Å². The molecule has 0 bridgehead atoms. The first-order chi connectivity index (χ1) is 8.70. The average molecular weight is 289 g/mol. The van der Waals surface area contributed by atoms with Crippen LogP contribution in [0.4, 0.5) is 5.69 Å². The fourth-order valence-corrected chi connectivity index (χ4v) is 2.85. The Morgan fingerprint density at radius 2 is 2.00 bits per heavy atom. The number of hydrogen-bond donors (Lipinski definition) is 2. The number of nitrogens with two attached hydrogens (primary N) is 1. The van der Waals surface area contributed by atoms with Crippen LogP contribution in [0.15, 0.2) is 6.07 Å². The van der Waals surface area contributed by atoms with Crippen LogP contribution in [0, 0.1) is 5.92 Å². The van der Waals surface area contributed by atoms with Gasteiger partial charge in [0.15, 0.2) is 10.3 Å². The van der Waals surface area contributed by atoms with E-state index in [2.05, 4.69) is 15.5 Å². The van der Waals surface area contributed by atoms with E-state index >= 15 is 0 Å². The minimum Gasteiger partial charge on any atom is -0.378 e. The van der Waals surface area contributed by atoms with Gasteiger partial charge in [0.25, 0.3) is 0 Å². The lowest BCUT2D eigenvalue weighted by Gasteiger charge is -2.30. The van der Waals surface area contributed by atoms with Crippen molar-refractivity contribution < 1.29 is 0 Å². The van der Waals surface area contributed by atoms with Gasteiger partial charge >= 0.3 is 0 Å². The molecule has 0 saturated heterocycles. The molecule has 0 spiro atoms. The first-order valence-corrected chi connectivity index (χ1v) is 7.11. The molecule has 2 rings (SSSR count). The van der Waals surface area contributed by atoms with Gasteiger partial charge in [0.1, 0.15) is 0 Å². The SMILES string of the molecule is NCC(Nc1cc(Cl)nnc1Cl)C1CCCCC1. The smallest absolute Gasteiger partial charge is 0.174 e. The van der Waals surface area contributed by atoms with Crippen LogP contribution in [0.3, 0.4) is 0 Å². The summed E-state index contributed by atoms with van der Waals surface area (Å²) in [6, 6.07) is 1.92. The van der Waals surface area contributed by atoms with Gasteiger partial charge in [-0.25, -0.2) is 0 Å². The Labute approximate surface area is 117 Å². The van der Waals surface area contributed by atoms with E-state index in [1.807, 2.05) is 0 Å². The Hall–Kier alpha value is -0.580. The molecule has 1 aromatic heterocycles. The summed E-state index contributed by atoms with van der Waals surface area (Å²) in [6.07, 6.45) is 6.34. The topological polar surface area (TPSA) is 63.8 Å². The maximum Gasteiger partial charge on any atom is 0.174 e. The van der Waals surface area contributed by atoms with E-state index in [0.717, 1.165) is 5.69 Å². The van der Waals surface area contributed by atoms with Crippen molar-refractivity contribution in [1.29, 1.82) is 0 Å². The molecule has 0 radical (unpaired) electrons. The molecule has 6 heteroatoms. The summed E-state index contributed by atoms with van der Waals surface area (Å²) in [5.41, 5.74) is 6.59. The van der Waals surface area contributed by atoms with Crippen molar-refractivity contribution in [3.05, 3.63) is 16.4 Å². The molecule has 3 N–H and O–H groups in total. The number of anilines is 1. The highest BCUT2D eigenvalue weighted by molar-refractivity contribution is 6.33. The summed E-state index contributed by atoms with van der Waals surface area (Å²) in [7, 11) is 0. The van der Waals surface area contributed by atoms with Crippen molar-refractivity contribution in [3.63, 3.8) is 0 Å². The molecule has 1 aliphatic carbocycles. The second-order valence-corrected chi connectivity index (χ2v) is 5.50. The van der Waals surface area contributed by atoms with Gasteiger partial charge in [-0.2, -0.15) is 0 Å². The van der Waals surface area contributed by atoms with E-state index in [1.165, 1.54) is 32.1 Å². The van der Waals surface area contributed by atoms with Crippen molar-refractivity contribution in [2.24, 2.45) is 11.7 Å². The molecular formula is C12H18Cl2N4. The number of aromatic nitrogens is 2. The fourth-order valence-electron chi connectivity index (χ4n) is 2.56. The lowest BCUT2D eigenvalue weighted by Crippen LogP contribution is -2.37. The van der Waals surface area contributed by atoms with Crippen molar-refractivity contribution in [2.75, 3.05) is 11.9 Å². The predicted octanol–water partition coefficient (Wildman–Crippen LogP) is 3.10. The summed E-state index contributed by atoms with van der Waals surface area (Å²) in [4.78, 5) is 0. The van der Waals surface area contributed by atoms with Gasteiger partial charge in [-0.15, -0.1) is 10.2 Å². The van der Waals surface area contributed by atoms with E-state index in [0.29, 0.717) is 22.8 Å². The first kappa shape index (κ1) is 13.8. The molecule has 18 heavy (non-hydrogen) atoms. The molecule has 0 aliphatic heterocycles. The summed E-state index contributed by atoms with van der Waals surface area (Å²) < 4.78 is 0. The highest BCUT2D eigenvalue weighted by Gasteiger charge is 2.23. The second kappa shape index (κ2) is 6.55. The summed E-state index contributed by atoms with van der Waals surface area (Å²) in [6.45, 7) is 0.584. The molecule has 1 aliphatic rings. The minimum atomic E-state index is 0.225. The summed E-state index contributed by atoms with van der Waals surface area (Å²) >= 11 is 11.8. The van der Waals surface area contributed by atoms with Crippen molar-refractivity contribution in [3.8, 4) is 0 Å². The maximum absolute atomic E-state index is 6.00. The fraction of sp³-hybridized carbons (Fsp3) is 0.667. The third-order valence-electron chi connectivity index (χ3n) is 3.53. The molecule has 1 fully saturated rings. The van der Waals surface area contributed by atoms with Crippen LogP contribution in [-0.2, 0) is 0 Å². The number of hydrogen-bond acceptors (Lipinski definition) is 4. The van der Waals surface area contributed by atoms with Gasteiger partial charge in [-0.3, -0.25) is 0 Å². The monoisotopic (exact) mass is 288 g/mol. The zero-order chi connectivity index (χ0) is 13.0. The van der Waals surface area contributed by atoms with Crippen LogP contribution in [-0.4, -0.2) is 22.8 Å². The summed E-state index contributed by atoms with van der Waals surface area (Å²) in [5, 5.41) is 11.5. The summed E-state index contributed by atoms with van der Waals surface area (Å²) in [5.74, 6) is 0.603. The van der Waals surface area contributed by atoms with Crippen molar-refractivity contribution in [2.45, 2.75) is 38.1 Å². The van der Waals surface area contributed by atoms with Gasteiger partial charge < -0.3 is 11.1 Å². The van der Waals surface area contributed by atoms with Crippen LogP contribution in [0.2, 0.25) is 10.3 Å². The zero-order valence-electron chi connectivity index (χ0n) is 10.2. The predicted molar refractivity (Wildman–Crippen MR) is 75.1 cm³/mol. The van der Waals surface area contributed by atoms with E-state index in [4.69, 9.17) is 28.9 Å². The molecule has 1 saturated carbocycles. The normalized spacial score (nSPS) is 18.6. The Balaban J connectivity index is 2.06. The third kappa shape index (κ3) is 3.46. The maximum atomic E-state index is 6.00. The highest BCUT2D eigenvalue weighted by Crippen LogP contribution is 2.29. The number of rotatable bonds is 4. The molecule has 100 valence electrons. The lowest BCUT2D eigenvalue weighted by molar-refractivity contribution is 0.320.